The van der Waals surface area contributed by atoms with E-state index in [-0.39, 0.29) is 18.2 Å². The molecule has 1 aliphatic rings. The van der Waals surface area contributed by atoms with Crippen molar-refractivity contribution in [1.29, 1.82) is 0 Å². The average molecular weight is 300 g/mol. The first-order valence-electron chi connectivity index (χ1n) is 7.04. The Labute approximate surface area is 124 Å². The van der Waals surface area contributed by atoms with Gasteiger partial charge < -0.3 is 10.5 Å². The summed E-state index contributed by atoms with van der Waals surface area (Å²) in [5.74, 6) is 0.0710. The maximum atomic E-state index is 12.6. The van der Waals surface area contributed by atoms with Gasteiger partial charge in [-0.05, 0) is 20.3 Å². The van der Waals surface area contributed by atoms with Gasteiger partial charge in [0.15, 0.2) is 0 Å². The number of nitrogens with zero attached hydrogens (tertiary/aromatic N) is 2. The molecule has 0 radical (unpaired) electrons. The van der Waals surface area contributed by atoms with E-state index in [0.29, 0.717) is 24.8 Å². The van der Waals surface area contributed by atoms with Crippen LogP contribution >= 0.6 is 11.6 Å². The Kier molecular flexibility index (Phi) is 4.52. The molecule has 1 fully saturated rings. The van der Waals surface area contributed by atoms with Crippen LogP contribution in [0.4, 0.5) is 0 Å². The molecule has 2 heterocycles. The largest absolute Gasteiger partial charge is 0.379 e. The minimum atomic E-state index is -0.626. The fourth-order valence-corrected chi connectivity index (χ4v) is 2.85. The maximum absolute atomic E-state index is 12.6. The lowest BCUT2D eigenvalue weighted by Gasteiger charge is -2.25. The Balaban J connectivity index is 2.26. The van der Waals surface area contributed by atoms with Crippen LogP contribution in [-0.2, 0) is 28.9 Å². The molecule has 20 heavy (non-hydrogen) atoms. The zero-order valence-electron chi connectivity index (χ0n) is 12.3. The van der Waals surface area contributed by atoms with Crippen LogP contribution in [0.2, 0.25) is 5.02 Å². The van der Waals surface area contributed by atoms with Crippen molar-refractivity contribution in [2.24, 2.45) is 11.1 Å². The Morgan fingerprint density at radius 2 is 2.30 bits per heavy atom. The van der Waals surface area contributed by atoms with E-state index in [2.05, 4.69) is 5.10 Å². The number of Topliss-reactive ketones (excluding diaryl/α,β-unsaturated/α-hetero) is 1. The molecule has 2 rings (SSSR count). The number of carbonyl (C=O) groups is 1. The standard InChI is InChI=1S/C14H22ClN3O2/c1-4-9-13(15)10(18(5-2)17-9)6-12(19)14(3)8-20-7-11(14)16/h11H,4-8,16H2,1-3H3. The molecule has 1 aromatic heterocycles. The molecule has 112 valence electrons. The molecule has 0 aromatic carbocycles. The Hall–Kier alpha value is -0.910. The van der Waals surface area contributed by atoms with E-state index < -0.39 is 5.41 Å². The highest BCUT2D eigenvalue weighted by atomic mass is 35.5. The third-order valence-electron chi connectivity index (χ3n) is 4.18. The molecule has 1 aliphatic heterocycles. The molecule has 2 N–H and O–H groups in total. The van der Waals surface area contributed by atoms with Gasteiger partial charge in [-0.15, -0.1) is 0 Å². The van der Waals surface area contributed by atoms with Gasteiger partial charge in [0.05, 0.1) is 41.5 Å². The number of ether oxygens (including phenoxy) is 1. The van der Waals surface area contributed by atoms with Crippen LogP contribution in [-0.4, -0.2) is 34.8 Å². The SMILES string of the molecule is CCc1nn(CC)c(CC(=O)C2(C)COCC2N)c1Cl. The fraction of sp³-hybridized carbons (Fsp3) is 0.714. The van der Waals surface area contributed by atoms with Crippen molar-refractivity contribution in [2.45, 2.75) is 46.2 Å². The second kappa shape index (κ2) is 5.84. The van der Waals surface area contributed by atoms with Crippen LogP contribution in [0.15, 0.2) is 0 Å². The van der Waals surface area contributed by atoms with Gasteiger partial charge in [0.1, 0.15) is 5.78 Å². The normalized spacial score (nSPS) is 26.1. The molecule has 0 spiro atoms. The second-order valence-electron chi connectivity index (χ2n) is 5.52. The lowest BCUT2D eigenvalue weighted by molar-refractivity contribution is -0.127. The molecule has 1 saturated heterocycles. The number of aromatic nitrogens is 2. The van der Waals surface area contributed by atoms with Crippen LogP contribution in [0, 0.1) is 5.41 Å². The highest BCUT2D eigenvalue weighted by molar-refractivity contribution is 6.32. The number of rotatable bonds is 5. The topological polar surface area (TPSA) is 70.1 Å². The quantitative estimate of drug-likeness (QED) is 0.896. The predicted octanol–water partition coefficient (Wildman–Crippen LogP) is 1.59. The van der Waals surface area contributed by atoms with Crippen LogP contribution in [0.3, 0.4) is 0 Å². The van der Waals surface area contributed by atoms with Gasteiger partial charge in [0.25, 0.3) is 0 Å². The number of halogens is 1. The predicted molar refractivity (Wildman–Crippen MR) is 77.9 cm³/mol. The minimum Gasteiger partial charge on any atom is -0.379 e. The molecule has 0 bridgehead atoms. The van der Waals surface area contributed by atoms with Gasteiger partial charge in [0, 0.05) is 12.6 Å². The number of carbonyl (C=O) groups excluding carboxylic acids is 1. The van der Waals surface area contributed by atoms with E-state index in [1.165, 1.54) is 0 Å². The molecule has 1 aromatic rings. The van der Waals surface area contributed by atoms with Crippen LogP contribution in [0.1, 0.15) is 32.2 Å². The zero-order chi connectivity index (χ0) is 14.9. The Morgan fingerprint density at radius 3 is 2.80 bits per heavy atom. The number of hydrogen-bond acceptors (Lipinski definition) is 4. The molecular formula is C14H22ClN3O2. The molecule has 5 nitrogen and oxygen atoms in total. The average Bonchev–Trinajstić information content (AvgIpc) is 2.93. The lowest BCUT2D eigenvalue weighted by Crippen LogP contribution is -2.45. The van der Waals surface area contributed by atoms with Crippen molar-refractivity contribution in [2.75, 3.05) is 13.2 Å². The Bertz CT molecular complexity index is 515. The maximum Gasteiger partial charge on any atom is 0.148 e. The van der Waals surface area contributed by atoms with Crippen molar-refractivity contribution in [3.8, 4) is 0 Å². The first kappa shape index (κ1) is 15.5. The second-order valence-corrected chi connectivity index (χ2v) is 5.89. The summed E-state index contributed by atoms with van der Waals surface area (Å²) in [4.78, 5) is 12.6. The van der Waals surface area contributed by atoms with Crippen LogP contribution < -0.4 is 5.73 Å². The third kappa shape index (κ3) is 2.50. The van der Waals surface area contributed by atoms with Crippen molar-refractivity contribution in [3.63, 3.8) is 0 Å². The number of nitrogens with two attached hydrogens (primary N) is 1. The van der Waals surface area contributed by atoms with Gasteiger partial charge in [-0.3, -0.25) is 9.48 Å². The summed E-state index contributed by atoms with van der Waals surface area (Å²) in [6.45, 7) is 7.37. The molecule has 2 atom stereocenters. The summed E-state index contributed by atoms with van der Waals surface area (Å²) in [5, 5.41) is 5.05. The van der Waals surface area contributed by atoms with Crippen molar-refractivity contribution < 1.29 is 9.53 Å². The fourth-order valence-electron chi connectivity index (χ4n) is 2.52. The van der Waals surface area contributed by atoms with E-state index in [1.807, 2.05) is 25.5 Å². The summed E-state index contributed by atoms with van der Waals surface area (Å²) in [6.07, 6.45) is 1.01. The highest BCUT2D eigenvalue weighted by Crippen LogP contribution is 2.31. The first-order chi connectivity index (χ1) is 9.43. The van der Waals surface area contributed by atoms with E-state index >= 15 is 0 Å². The summed E-state index contributed by atoms with van der Waals surface area (Å²) >= 11 is 6.34. The summed E-state index contributed by atoms with van der Waals surface area (Å²) in [5.41, 5.74) is 7.01. The third-order valence-corrected chi connectivity index (χ3v) is 4.61. The van der Waals surface area contributed by atoms with E-state index in [4.69, 9.17) is 22.1 Å². The van der Waals surface area contributed by atoms with Gasteiger partial charge >= 0.3 is 0 Å². The molecule has 2 unspecified atom stereocenters. The Morgan fingerprint density at radius 1 is 1.60 bits per heavy atom. The molecule has 6 heteroatoms. The summed E-state index contributed by atoms with van der Waals surface area (Å²) in [6, 6.07) is -0.252. The van der Waals surface area contributed by atoms with Crippen molar-refractivity contribution in [1.82, 2.24) is 9.78 Å². The minimum absolute atomic E-state index is 0.0710. The van der Waals surface area contributed by atoms with Crippen molar-refractivity contribution in [3.05, 3.63) is 16.4 Å². The highest BCUT2D eigenvalue weighted by Gasteiger charge is 2.44. The molecular weight excluding hydrogens is 278 g/mol. The van der Waals surface area contributed by atoms with Crippen molar-refractivity contribution >= 4 is 17.4 Å². The molecule has 0 saturated carbocycles. The first-order valence-corrected chi connectivity index (χ1v) is 7.42. The van der Waals surface area contributed by atoms with Gasteiger partial charge in [0.2, 0.25) is 0 Å². The van der Waals surface area contributed by atoms with E-state index in [1.54, 1.807) is 0 Å². The smallest absolute Gasteiger partial charge is 0.148 e. The van der Waals surface area contributed by atoms with Gasteiger partial charge in [-0.1, -0.05) is 18.5 Å². The number of aryl methyl sites for hydroxylation is 2. The van der Waals surface area contributed by atoms with Gasteiger partial charge in [-0.25, -0.2) is 0 Å². The summed E-state index contributed by atoms with van der Waals surface area (Å²) < 4.78 is 7.15. The zero-order valence-corrected chi connectivity index (χ0v) is 13.0. The molecule has 0 amide bonds. The lowest BCUT2D eigenvalue weighted by atomic mass is 9.79. The number of hydrogen-bond donors (Lipinski definition) is 1. The molecule has 0 aliphatic carbocycles. The van der Waals surface area contributed by atoms with E-state index in [0.717, 1.165) is 17.8 Å². The summed E-state index contributed by atoms with van der Waals surface area (Å²) in [7, 11) is 0. The number of ketones is 1. The van der Waals surface area contributed by atoms with Crippen LogP contribution in [0.25, 0.3) is 0 Å². The monoisotopic (exact) mass is 299 g/mol. The van der Waals surface area contributed by atoms with E-state index in [9.17, 15) is 4.79 Å². The van der Waals surface area contributed by atoms with Crippen LogP contribution in [0.5, 0.6) is 0 Å². The van der Waals surface area contributed by atoms with Gasteiger partial charge in [-0.2, -0.15) is 5.10 Å².